The summed E-state index contributed by atoms with van der Waals surface area (Å²) in [5.74, 6) is -0.389. The molecule has 1 aromatic carbocycles. The first-order valence-corrected chi connectivity index (χ1v) is 7.80. The summed E-state index contributed by atoms with van der Waals surface area (Å²) in [5.41, 5.74) is 1.22. The molecule has 1 amide bonds. The summed E-state index contributed by atoms with van der Waals surface area (Å²) >= 11 is 0. The lowest BCUT2D eigenvalue weighted by molar-refractivity contribution is 0.0932. The number of aryl methyl sites for hydroxylation is 1. The van der Waals surface area contributed by atoms with Crippen molar-refractivity contribution < 1.29 is 9.18 Å². The minimum atomic E-state index is -0.394. The molecule has 0 atom stereocenters. The van der Waals surface area contributed by atoms with E-state index in [0.29, 0.717) is 11.4 Å². The van der Waals surface area contributed by atoms with Crippen LogP contribution in [0.25, 0.3) is 0 Å². The molecule has 3 rings (SSSR count). The summed E-state index contributed by atoms with van der Waals surface area (Å²) in [5, 5.41) is 5.82. The van der Waals surface area contributed by atoms with Crippen LogP contribution in [0.15, 0.2) is 30.3 Å². The Morgan fingerprint density at radius 3 is 2.70 bits per heavy atom. The van der Waals surface area contributed by atoms with E-state index in [1.54, 1.807) is 31.2 Å². The molecule has 1 aromatic heterocycles. The van der Waals surface area contributed by atoms with E-state index in [1.165, 1.54) is 6.07 Å². The molecule has 0 saturated heterocycles. The molecular weight excluding hydrogens is 295 g/mol. The minimum Gasteiger partial charge on any atom is -0.348 e. The smallest absolute Gasteiger partial charge is 0.270 e. The van der Waals surface area contributed by atoms with Crippen LogP contribution in [0.4, 0.5) is 16.0 Å². The van der Waals surface area contributed by atoms with E-state index < -0.39 is 5.82 Å². The fraction of sp³-hybridized carbons (Fsp3) is 0.353. The zero-order valence-electron chi connectivity index (χ0n) is 13.0. The molecule has 0 spiro atoms. The first kappa shape index (κ1) is 15.4. The molecule has 1 aliphatic carbocycles. The molecule has 1 aliphatic rings. The fourth-order valence-electron chi connectivity index (χ4n) is 2.75. The molecule has 0 bridgehead atoms. The number of hydrogen-bond acceptors (Lipinski definition) is 4. The van der Waals surface area contributed by atoms with Gasteiger partial charge in [-0.1, -0.05) is 25.0 Å². The number of rotatable bonds is 4. The maximum atomic E-state index is 13.7. The van der Waals surface area contributed by atoms with Gasteiger partial charge in [0.05, 0.1) is 5.69 Å². The highest BCUT2D eigenvalue weighted by Crippen LogP contribution is 2.19. The zero-order chi connectivity index (χ0) is 16.2. The van der Waals surface area contributed by atoms with Crippen LogP contribution in [0.3, 0.4) is 0 Å². The van der Waals surface area contributed by atoms with E-state index >= 15 is 0 Å². The third-order valence-electron chi connectivity index (χ3n) is 3.90. The summed E-state index contributed by atoms with van der Waals surface area (Å²) in [4.78, 5) is 20.7. The van der Waals surface area contributed by atoms with Crippen molar-refractivity contribution in [3.63, 3.8) is 0 Å². The Labute approximate surface area is 134 Å². The second-order valence-electron chi connectivity index (χ2n) is 5.78. The van der Waals surface area contributed by atoms with Gasteiger partial charge in [0.15, 0.2) is 0 Å². The number of carbonyl (C=O) groups is 1. The molecule has 0 aliphatic heterocycles. The molecular formula is C17H19FN4O. The third kappa shape index (κ3) is 3.83. The topological polar surface area (TPSA) is 66.9 Å². The van der Waals surface area contributed by atoms with Gasteiger partial charge in [0.1, 0.15) is 11.5 Å². The second kappa shape index (κ2) is 6.73. The largest absolute Gasteiger partial charge is 0.348 e. The summed E-state index contributed by atoms with van der Waals surface area (Å²) < 4.78 is 13.7. The van der Waals surface area contributed by atoms with Gasteiger partial charge in [-0.25, -0.2) is 14.4 Å². The maximum Gasteiger partial charge on any atom is 0.270 e. The van der Waals surface area contributed by atoms with Gasteiger partial charge < -0.3 is 10.6 Å². The summed E-state index contributed by atoms with van der Waals surface area (Å²) in [6, 6.07) is 8.13. The quantitative estimate of drug-likeness (QED) is 0.908. The molecule has 23 heavy (non-hydrogen) atoms. The Morgan fingerprint density at radius 2 is 1.96 bits per heavy atom. The molecule has 1 heterocycles. The van der Waals surface area contributed by atoms with Gasteiger partial charge in [-0.3, -0.25) is 4.79 Å². The minimum absolute atomic E-state index is 0.209. The molecule has 0 unspecified atom stereocenters. The lowest BCUT2D eigenvalue weighted by Gasteiger charge is -2.13. The van der Waals surface area contributed by atoms with Gasteiger partial charge in [0.2, 0.25) is 5.95 Å². The predicted octanol–water partition coefficient (Wildman–Crippen LogP) is 3.34. The van der Waals surface area contributed by atoms with Crippen molar-refractivity contribution in [2.24, 2.45) is 0 Å². The van der Waals surface area contributed by atoms with Crippen molar-refractivity contribution in [2.75, 3.05) is 5.32 Å². The van der Waals surface area contributed by atoms with Crippen LogP contribution >= 0.6 is 0 Å². The number of amides is 1. The van der Waals surface area contributed by atoms with E-state index in [2.05, 4.69) is 20.6 Å². The molecule has 6 heteroatoms. The van der Waals surface area contributed by atoms with Crippen LogP contribution in [0.2, 0.25) is 0 Å². The van der Waals surface area contributed by atoms with Crippen molar-refractivity contribution in [2.45, 2.75) is 38.6 Å². The standard InChI is InChI=1S/C17H19FN4O/c1-11-10-15(16(23)20-12-6-2-3-7-12)22-17(19-11)21-14-9-5-4-8-13(14)18/h4-5,8-10,12H,2-3,6-7H2,1H3,(H,20,23)(H,19,21,22). The van der Waals surface area contributed by atoms with E-state index in [0.717, 1.165) is 25.7 Å². The first-order valence-electron chi connectivity index (χ1n) is 7.80. The lowest BCUT2D eigenvalue weighted by atomic mass is 10.2. The van der Waals surface area contributed by atoms with Gasteiger partial charge in [-0.05, 0) is 38.0 Å². The van der Waals surface area contributed by atoms with Gasteiger partial charge in [0.25, 0.3) is 5.91 Å². The normalized spacial score (nSPS) is 14.7. The van der Waals surface area contributed by atoms with Gasteiger partial charge in [-0.15, -0.1) is 0 Å². The van der Waals surface area contributed by atoms with E-state index in [4.69, 9.17) is 0 Å². The number of halogens is 1. The highest BCUT2D eigenvalue weighted by Gasteiger charge is 2.19. The maximum absolute atomic E-state index is 13.7. The molecule has 2 N–H and O–H groups in total. The highest BCUT2D eigenvalue weighted by atomic mass is 19.1. The molecule has 2 aromatic rings. The van der Waals surface area contributed by atoms with Crippen LogP contribution in [0.1, 0.15) is 41.9 Å². The SMILES string of the molecule is Cc1cc(C(=O)NC2CCCC2)nc(Nc2ccccc2F)n1. The van der Waals surface area contributed by atoms with Crippen molar-refractivity contribution in [3.05, 3.63) is 47.5 Å². The fourth-order valence-corrected chi connectivity index (χ4v) is 2.75. The highest BCUT2D eigenvalue weighted by molar-refractivity contribution is 5.92. The van der Waals surface area contributed by atoms with E-state index in [-0.39, 0.29) is 23.6 Å². The molecule has 5 nitrogen and oxygen atoms in total. The Balaban J connectivity index is 1.78. The third-order valence-corrected chi connectivity index (χ3v) is 3.90. The van der Waals surface area contributed by atoms with Gasteiger partial charge in [0, 0.05) is 11.7 Å². The zero-order valence-corrected chi connectivity index (χ0v) is 13.0. The Kier molecular flexibility index (Phi) is 4.50. The van der Waals surface area contributed by atoms with Crippen LogP contribution in [-0.4, -0.2) is 21.9 Å². The van der Waals surface area contributed by atoms with Gasteiger partial charge >= 0.3 is 0 Å². The predicted molar refractivity (Wildman–Crippen MR) is 86.2 cm³/mol. The monoisotopic (exact) mass is 314 g/mol. The number of aromatic nitrogens is 2. The van der Waals surface area contributed by atoms with Crippen molar-refractivity contribution in [3.8, 4) is 0 Å². The summed E-state index contributed by atoms with van der Waals surface area (Å²) in [6.45, 7) is 1.78. The molecule has 0 radical (unpaired) electrons. The number of carbonyl (C=O) groups excluding carboxylic acids is 1. The molecule has 1 fully saturated rings. The van der Waals surface area contributed by atoms with Crippen molar-refractivity contribution in [1.29, 1.82) is 0 Å². The van der Waals surface area contributed by atoms with E-state index in [9.17, 15) is 9.18 Å². The van der Waals surface area contributed by atoms with E-state index in [1.807, 2.05) is 0 Å². The lowest BCUT2D eigenvalue weighted by Crippen LogP contribution is -2.33. The molecule has 120 valence electrons. The Hall–Kier alpha value is -2.50. The Bertz CT molecular complexity index is 713. The van der Waals surface area contributed by atoms with Crippen molar-refractivity contribution >= 4 is 17.5 Å². The van der Waals surface area contributed by atoms with Crippen LogP contribution in [0, 0.1) is 12.7 Å². The second-order valence-corrected chi connectivity index (χ2v) is 5.78. The summed E-state index contributed by atoms with van der Waals surface area (Å²) in [6.07, 6.45) is 4.31. The number of anilines is 2. The first-order chi connectivity index (χ1) is 11.1. The number of nitrogens with zero attached hydrogens (tertiary/aromatic N) is 2. The molecule has 1 saturated carbocycles. The number of benzene rings is 1. The van der Waals surface area contributed by atoms with Crippen LogP contribution < -0.4 is 10.6 Å². The number of para-hydroxylation sites is 1. The van der Waals surface area contributed by atoms with Crippen LogP contribution in [-0.2, 0) is 0 Å². The average Bonchev–Trinajstić information content (AvgIpc) is 3.02. The van der Waals surface area contributed by atoms with Gasteiger partial charge in [-0.2, -0.15) is 0 Å². The number of nitrogens with one attached hydrogen (secondary N) is 2. The number of hydrogen-bond donors (Lipinski definition) is 2. The Morgan fingerprint density at radius 1 is 1.22 bits per heavy atom. The summed E-state index contributed by atoms with van der Waals surface area (Å²) in [7, 11) is 0. The average molecular weight is 314 g/mol. The van der Waals surface area contributed by atoms with Crippen LogP contribution in [0.5, 0.6) is 0 Å². The van der Waals surface area contributed by atoms with Crippen molar-refractivity contribution in [1.82, 2.24) is 15.3 Å².